The van der Waals surface area contributed by atoms with Crippen molar-refractivity contribution in [3.05, 3.63) is 83.6 Å². The summed E-state index contributed by atoms with van der Waals surface area (Å²) in [6, 6.07) is 12.6. The number of imidazole rings is 1. The lowest BCUT2D eigenvalue weighted by atomic mass is 9.79. The van der Waals surface area contributed by atoms with E-state index in [4.69, 9.17) is 4.74 Å². The number of halogens is 2. The van der Waals surface area contributed by atoms with Crippen molar-refractivity contribution in [2.24, 2.45) is 5.92 Å². The Kier molecular flexibility index (Phi) is 8.39. The van der Waals surface area contributed by atoms with Gasteiger partial charge in [-0.25, -0.2) is 18.3 Å². The van der Waals surface area contributed by atoms with Crippen molar-refractivity contribution in [2.75, 3.05) is 6.61 Å². The molecule has 0 radical (unpaired) electrons. The number of hydrogen-bond donors (Lipinski definition) is 2. The van der Waals surface area contributed by atoms with E-state index >= 15 is 0 Å². The molecule has 0 aliphatic heterocycles. The predicted molar refractivity (Wildman–Crippen MR) is 146 cm³/mol. The van der Waals surface area contributed by atoms with E-state index < -0.39 is 12.0 Å². The lowest BCUT2D eigenvalue weighted by Crippen LogP contribution is -2.40. The van der Waals surface area contributed by atoms with Crippen LogP contribution in [0.5, 0.6) is 0 Å². The molecule has 4 aromatic rings. The number of carbonyl (C=O) groups excluding carboxylic acids is 2. The Morgan fingerprint density at radius 3 is 2.66 bits per heavy atom. The largest absolute Gasteiger partial charge is 0.374 e. The minimum atomic E-state index is -2.68. The quantitative estimate of drug-likeness (QED) is 0.266. The Morgan fingerprint density at radius 1 is 1.15 bits per heavy atom. The Hall–Kier alpha value is -4.19. The first kappa shape index (κ1) is 28.3. The molecule has 1 aliphatic carbocycles. The van der Waals surface area contributed by atoms with Crippen LogP contribution in [0.1, 0.15) is 72.5 Å². The van der Waals surface area contributed by atoms with Gasteiger partial charge in [0.25, 0.3) is 5.91 Å². The molecule has 2 amide bonds. The van der Waals surface area contributed by atoms with Crippen LogP contribution in [0.2, 0.25) is 0 Å². The summed E-state index contributed by atoms with van der Waals surface area (Å²) in [5.41, 5.74) is 3.24. The molecule has 10 nitrogen and oxygen atoms in total. The van der Waals surface area contributed by atoms with E-state index in [9.17, 15) is 18.4 Å². The summed E-state index contributed by atoms with van der Waals surface area (Å²) in [7, 11) is 0. The smallest absolute Gasteiger partial charge is 0.269 e. The van der Waals surface area contributed by atoms with Gasteiger partial charge in [0.2, 0.25) is 11.8 Å². The molecule has 1 aliphatic rings. The van der Waals surface area contributed by atoms with E-state index in [-0.39, 0.29) is 56.2 Å². The van der Waals surface area contributed by atoms with Gasteiger partial charge in [-0.1, -0.05) is 30.3 Å². The lowest BCUT2D eigenvalue weighted by molar-refractivity contribution is -0.134. The lowest BCUT2D eigenvalue weighted by Gasteiger charge is -2.34. The second-order valence-electron chi connectivity index (χ2n) is 10.7. The molecular weight excluding hydrogens is 532 g/mol. The molecule has 0 bridgehead atoms. The normalized spacial score (nSPS) is 15.5. The monoisotopic (exact) mass is 565 g/mol. The van der Waals surface area contributed by atoms with Crippen LogP contribution < -0.4 is 10.6 Å². The number of carbonyl (C=O) groups is 2. The summed E-state index contributed by atoms with van der Waals surface area (Å²) < 4.78 is 35.7. The van der Waals surface area contributed by atoms with Gasteiger partial charge in [-0.2, -0.15) is 10.2 Å². The van der Waals surface area contributed by atoms with Gasteiger partial charge in [-0.05, 0) is 37.5 Å². The molecule has 12 heteroatoms. The second-order valence-corrected chi connectivity index (χ2v) is 10.7. The van der Waals surface area contributed by atoms with Gasteiger partial charge >= 0.3 is 0 Å². The summed E-state index contributed by atoms with van der Waals surface area (Å²) in [5, 5.41) is 14.4. The van der Waals surface area contributed by atoms with Gasteiger partial charge in [0.05, 0.1) is 43.9 Å². The van der Waals surface area contributed by atoms with Gasteiger partial charge in [-0.15, -0.1) is 0 Å². The van der Waals surface area contributed by atoms with Crippen molar-refractivity contribution in [1.29, 1.82) is 0 Å². The molecule has 1 atom stereocenters. The molecule has 0 saturated heterocycles. The molecule has 2 N–H and O–H groups in total. The minimum absolute atomic E-state index is 0.0311. The summed E-state index contributed by atoms with van der Waals surface area (Å²) in [4.78, 5) is 30.0. The summed E-state index contributed by atoms with van der Waals surface area (Å²) in [6.45, 7) is 4.59. The van der Waals surface area contributed by atoms with E-state index in [1.54, 1.807) is 39.9 Å². The zero-order chi connectivity index (χ0) is 29.0. The third-order valence-electron chi connectivity index (χ3n) is 7.00. The highest BCUT2D eigenvalue weighted by atomic mass is 19.3. The number of nitrogens with zero attached hydrogens (tertiary/aromatic N) is 5. The van der Waals surface area contributed by atoms with Crippen LogP contribution in [-0.4, -0.2) is 48.7 Å². The molecule has 1 saturated carbocycles. The number of rotatable bonds is 12. The first-order chi connectivity index (χ1) is 19.7. The number of ether oxygens (including phenoxy) is 1. The SMILES string of the molecule is CC(C)n1nccc1C(=O)NCc1cn2ncc(C(COCc3ccccc3)NC(=O)CC3CC(F)(F)C3)cc2n1. The van der Waals surface area contributed by atoms with Gasteiger partial charge in [0, 0.05) is 37.1 Å². The highest BCUT2D eigenvalue weighted by Crippen LogP contribution is 2.44. The van der Waals surface area contributed by atoms with E-state index in [0.717, 1.165) is 5.56 Å². The number of fused-ring (bicyclic) bond motifs is 1. The fourth-order valence-corrected chi connectivity index (χ4v) is 4.92. The summed E-state index contributed by atoms with van der Waals surface area (Å²) in [5.74, 6) is -3.58. The molecule has 216 valence electrons. The second kappa shape index (κ2) is 12.1. The number of alkyl halides is 2. The Balaban J connectivity index is 1.26. The molecule has 1 fully saturated rings. The predicted octanol–water partition coefficient (Wildman–Crippen LogP) is 4.25. The van der Waals surface area contributed by atoms with Crippen molar-refractivity contribution in [3.63, 3.8) is 0 Å². The summed E-state index contributed by atoms with van der Waals surface area (Å²) in [6.07, 6.45) is 4.42. The Labute approximate surface area is 236 Å². The molecule has 1 unspecified atom stereocenters. The molecule has 0 spiro atoms. The van der Waals surface area contributed by atoms with Crippen molar-refractivity contribution >= 4 is 17.5 Å². The van der Waals surface area contributed by atoms with Crippen LogP contribution >= 0.6 is 0 Å². The molecule has 41 heavy (non-hydrogen) atoms. The topological polar surface area (TPSA) is 115 Å². The number of benzene rings is 1. The fraction of sp³-hybridized carbons (Fsp3) is 0.414. The van der Waals surface area contributed by atoms with Crippen molar-refractivity contribution in [3.8, 4) is 0 Å². The zero-order valence-electron chi connectivity index (χ0n) is 23.0. The van der Waals surface area contributed by atoms with E-state index in [1.807, 2.05) is 44.2 Å². The van der Waals surface area contributed by atoms with Crippen molar-refractivity contribution < 1.29 is 23.1 Å². The highest BCUT2D eigenvalue weighted by Gasteiger charge is 2.45. The first-order valence-electron chi connectivity index (χ1n) is 13.6. The number of nitrogens with one attached hydrogen (secondary N) is 2. The summed E-state index contributed by atoms with van der Waals surface area (Å²) >= 11 is 0. The molecule has 3 heterocycles. The average molecular weight is 566 g/mol. The molecule has 1 aromatic carbocycles. The maximum Gasteiger partial charge on any atom is 0.269 e. The number of amides is 2. The van der Waals surface area contributed by atoms with Gasteiger partial charge in [0.1, 0.15) is 5.69 Å². The minimum Gasteiger partial charge on any atom is -0.374 e. The standard InChI is InChI=1S/C29H33F2N7O3/c1-19(2)38-25(8-9-33-38)28(40)32-15-23-16-37-26(35-23)11-22(14-34-37)24(18-41-17-20-6-4-3-5-7-20)36-27(39)10-21-12-29(30,31)13-21/h3-9,11,14,16,19,21,24H,10,12-13,15,17-18H2,1-2H3,(H,32,40)(H,36,39). The maximum absolute atomic E-state index is 13.3. The average Bonchev–Trinajstić information content (AvgIpc) is 3.58. The van der Waals surface area contributed by atoms with Crippen LogP contribution in [-0.2, 0) is 22.7 Å². The highest BCUT2D eigenvalue weighted by molar-refractivity contribution is 5.92. The third-order valence-corrected chi connectivity index (χ3v) is 7.00. The van der Waals surface area contributed by atoms with Crippen molar-refractivity contribution in [2.45, 2.75) is 64.3 Å². The van der Waals surface area contributed by atoms with Crippen LogP contribution in [0.25, 0.3) is 5.65 Å². The molecule has 5 rings (SSSR count). The van der Waals surface area contributed by atoms with Crippen LogP contribution in [0.15, 0.2) is 61.1 Å². The van der Waals surface area contributed by atoms with E-state index in [1.165, 1.54) is 0 Å². The first-order valence-corrected chi connectivity index (χ1v) is 13.6. The van der Waals surface area contributed by atoms with Gasteiger partial charge in [0.15, 0.2) is 5.65 Å². The zero-order valence-corrected chi connectivity index (χ0v) is 23.0. The maximum atomic E-state index is 13.3. The molecular formula is C29H33F2N7O3. The Bertz CT molecular complexity index is 1490. The third kappa shape index (κ3) is 7.12. The van der Waals surface area contributed by atoms with E-state index in [2.05, 4.69) is 25.8 Å². The van der Waals surface area contributed by atoms with Crippen LogP contribution in [0.4, 0.5) is 8.78 Å². The fourth-order valence-electron chi connectivity index (χ4n) is 4.92. The van der Waals surface area contributed by atoms with Crippen LogP contribution in [0.3, 0.4) is 0 Å². The van der Waals surface area contributed by atoms with Crippen LogP contribution in [0, 0.1) is 5.92 Å². The van der Waals surface area contributed by atoms with Gasteiger partial charge in [-0.3, -0.25) is 14.3 Å². The van der Waals surface area contributed by atoms with Gasteiger partial charge < -0.3 is 15.4 Å². The number of aromatic nitrogens is 5. The van der Waals surface area contributed by atoms with E-state index in [0.29, 0.717) is 29.2 Å². The number of hydrogen-bond acceptors (Lipinski definition) is 6. The van der Waals surface area contributed by atoms with Crippen molar-refractivity contribution in [1.82, 2.24) is 35.0 Å². The Morgan fingerprint density at radius 2 is 1.93 bits per heavy atom. The molecule has 3 aromatic heterocycles.